The first-order valence-electron chi connectivity index (χ1n) is 18.6. The van der Waals surface area contributed by atoms with E-state index in [2.05, 4.69) is 176 Å². The van der Waals surface area contributed by atoms with Crippen LogP contribution in [0.3, 0.4) is 0 Å². The average Bonchev–Trinajstić information content (AvgIpc) is 3.77. The van der Waals surface area contributed by atoms with Gasteiger partial charge in [0.1, 0.15) is 11.2 Å². The highest BCUT2D eigenvalue weighted by Gasteiger charge is 2.51. The molecule has 0 amide bonds. The first kappa shape index (κ1) is 30.7. The molecule has 7 aromatic carbocycles. The number of anilines is 5. The molecule has 3 aliphatic heterocycles. The second-order valence-corrected chi connectivity index (χ2v) is 17.8. The second-order valence-electron chi connectivity index (χ2n) is 15.6. The summed E-state index contributed by atoms with van der Waals surface area (Å²) in [5.74, 6) is 0. The molecule has 3 nitrogen and oxygen atoms in total. The summed E-state index contributed by atoms with van der Waals surface area (Å²) < 4.78 is 9.84. The maximum Gasteiger partial charge on any atom is 0.376 e. The van der Waals surface area contributed by atoms with E-state index >= 15 is 0 Å². The lowest BCUT2D eigenvalue weighted by Crippen LogP contribution is -2.61. The third kappa shape index (κ3) is 4.10. The van der Waals surface area contributed by atoms with Crippen LogP contribution in [-0.2, 0) is 5.41 Å². The van der Waals surface area contributed by atoms with Gasteiger partial charge in [-0.2, -0.15) is 0 Å². The first-order chi connectivity index (χ1) is 26.4. The Bertz CT molecular complexity index is 3050. The Labute approximate surface area is 322 Å². The van der Waals surface area contributed by atoms with Crippen LogP contribution in [0, 0.1) is 0 Å². The zero-order chi connectivity index (χ0) is 35.9. The molecule has 0 radical (unpaired) electrons. The maximum atomic E-state index is 7.23. The quantitative estimate of drug-likeness (QED) is 0.165. The average molecular weight is 729 g/mol. The second kappa shape index (κ2) is 10.9. The number of benzene rings is 7. The molecular weight excluding hydrogens is 695 g/mol. The topological polar surface area (TPSA) is 19.6 Å². The molecule has 0 saturated carbocycles. The van der Waals surface area contributed by atoms with Gasteiger partial charge in [-0.3, -0.25) is 0 Å². The van der Waals surface area contributed by atoms with E-state index < -0.39 is 0 Å². The van der Waals surface area contributed by atoms with E-state index in [1.807, 2.05) is 23.1 Å². The van der Waals surface area contributed by atoms with Crippen LogP contribution in [0.1, 0.15) is 26.3 Å². The van der Waals surface area contributed by atoms with Gasteiger partial charge in [-0.25, -0.2) is 0 Å². The highest BCUT2D eigenvalue weighted by molar-refractivity contribution is 7.99. The van der Waals surface area contributed by atoms with E-state index in [0.29, 0.717) is 0 Å². The van der Waals surface area contributed by atoms with Crippen LogP contribution in [0.4, 0.5) is 28.4 Å². The summed E-state index contributed by atoms with van der Waals surface area (Å²) in [4.78, 5) is 7.69. The number of rotatable bonds is 2. The van der Waals surface area contributed by atoms with Gasteiger partial charge in [0.25, 0.3) is 0 Å². The Morgan fingerprint density at radius 3 is 2.22 bits per heavy atom. The van der Waals surface area contributed by atoms with Crippen molar-refractivity contribution in [2.24, 2.45) is 0 Å². The molecule has 0 bridgehead atoms. The summed E-state index contributed by atoms with van der Waals surface area (Å²) in [6.07, 6.45) is 0. The fourth-order valence-electron chi connectivity index (χ4n) is 9.20. The number of hydrogen-bond acceptors (Lipinski definition) is 5. The summed E-state index contributed by atoms with van der Waals surface area (Å²) in [5, 5.41) is 3.77. The van der Waals surface area contributed by atoms with Gasteiger partial charge in [-0.05, 0) is 82.2 Å². The predicted octanol–water partition coefficient (Wildman–Crippen LogP) is 12.9. The zero-order valence-corrected chi connectivity index (χ0v) is 31.7. The number of nitrogens with zero attached hydrogens (tertiary/aromatic N) is 2. The molecule has 0 spiro atoms. The molecule has 0 saturated heterocycles. The maximum absolute atomic E-state index is 7.23. The lowest BCUT2D eigenvalue weighted by molar-refractivity contribution is 0.590. The molecular formula is C48H33BN2OS2. The van der Waals surface area contributed by atoms with Crippen molar-refractivity contribution in [2.75, 3.05) is 9.71 Å². The first-order valence-corrected chi connectivity index (χ1v) is 20.3. The third-order valence-electron chi connectivity index (χ3n) is 11.6. The SMILES string of the molecule is CC(C)(C)c1ccc(N2c3cc4sc5ccccc5c4c4c3B(c3oc5ccccc5c32)N2c3ccccc3Sc3cccc-4c32)c(-c2ccccc2)c1. The van der Waals surface area contributed by atoms with Gasteiger partial charge in [-0.15, -0.1) is 11.3 Å². The molecule has 12 rings (SSSR count). The van der Waals surface area contributed by atoms with Gasteiger partial charge < -0.3 is 14.1 Å². The summed E-state index contributed by atoms with van der Waals surface area (Å²) in [6.45, 7) is 6.73. The van der Waals surface area contributed by atoms with Gasteiger partial charge in [0.15, 0.2) is 0 Å². The molecule has 9 aromatic rings. The van der Waals surface area contributed by atoms with E-state index in [4.69, 9.17) is 4.42 Å². The number of fused-ring (bicyclic) bond motifs is 12. The smallest absolute Gasteiger partial charge is 0.376 e. The molecule has 0 aliphatic carbocycles. The fraction of sp³-hybridized carbons (Fsp3) is 0.0833. The van der Waals surface area contributed by atoms with Crippen LogP contribution in [0.15, 0.2) is 160 Å². The Hall–Kier alpha value is -5.69. The van der Waals surface area contributed by atoms with E-state index in [0.717, 1.165) is 28.0 Å². The van der Waals surface area contributed by atoms with Gasteiger partial charge in [0.2, 0.25) is 0 Å². The number of thiophene rings is 1. The summed E-state index contributed by atoms with van der Waals surface area (Å²) >= 11 is 3.78. The molecule has 2 aromatic heterocycles. The Balaban J connectivity index is 1.28. The van der Waals surface area contributed by atoms with Crippen LogP contribution in [0.25, 0.3) is 53.4 Å². The number of hydrogen-bond donors (Lipinski definition) is 0. The van der Waals surface area contributed by atoms with E-state index in [-0.39, 0.29) is 12.3 Å². The van der Waals surface area contributed by atoms with Crippen molar-refractivity contribution < 1.29 is 4.42 Å². The Morgan fingerprint density at radius 2 is 1.35 bits per heavy atom. The van der Waals surface area contributed by atoms with Crippen LogP contribution >= 0.6 is 23.1 Å². The molecule has 54 heavy (non-hydrogen) atoms. The molecule has 3 aliphatic rings. The van der Waals surface area contributed by atoms with Crippen LogP contribution < -0.4 is 20.8 Å². The Morgan fingerprint density at radius 1 is 0.593 bits per heavy atom. The molecule has 0 atom stereocenters. The molecule has 6 heteroatoms. The van der Waals surface area contributed by atoms with Crippen molar-refractivity contribution in [1.82, 2.24) is 0 Å². The normalized spacial score (nSPS) is 14.0. The molecule has 5 heterocycles. The van der Waals surface area contributed by atoms with Crippen molar-refractivity contribution in [1.29, 1.82) is 0 Å². The standard InChI is InChI=1S/C48H33BN2OS2/c1-48(2,3)29-24-25-34(33(26-29)28-14-5-4-6-15-28)50-36-27-41-42(31-17-8-11-21-38(31)53-41)43-32-18-13-23-40-45(32)51(35-19-9-12-22-39(35)54-40)49(44(36)43)47-46(50)30-16-7-10-20-37(30)52-47/h4-27H,1-3H3. The Kier molecular flexibility index (Phi) is 6.23. The number of furan rings is 1. The van der Waals surface area contributed by atoms with Gasteiger partial charge >= 0.3 is 6.85 Å². The van der Waals surface area contributed by atoms with Gasteiger partial charge in [-0.1, -0.05) is 124 Å². The minimum atomic E-state index is -0.179. The number of para-hydroxylation sites is 3. The summed E-state index contributed by atoms with van der Waals surface area (Å²) in [5.41, 5.74) is 15.4. The fourth-order valence-corrected chi connectivity index (χ4v) is 11.5. The van der Waals surface area contributed by atoms with Crippen molar-refractivity contribution in [3.63, 3.8) is 0 Å². The van der Waals surface area contributed by atoms with Crippen molar-refractivity contribution in [3.05, 3.63) is 151 Å². The highest BCUT2D eigenvalue weighted by Crippen LogP contribution is 2.58. The molecule has 256 valence electrons. The summed E-state index contributed by atoms with van der Waals surface area (Å²) in [7, 11) is 0. The molecule has 0 fully saturated rings. The molecule has 0 N–H and O–H groups in total. The van der Waals surface area contributed by atoms with Crippen LogP contribution in [-0.4, -0.2) is 6.85 Å². The monoisotopic (exact) mass is 728 g/mol. The van der Waals surface area contributed by atoms with Gasteiger partial charge in [0, 0.05) is 57.9 Å². The van der Waals surface area contributed by atoms with Crippen molar-refractivity contribution in [3.8, 4) is 22.3 Å². The van der Waals surface area contributed by atoms with Crippen molar-refractivity contribution >= 4 is 101 Å². The van der Waals surface area contributed by atoms with Crippen LogP contribution in [0.5, 0.6) is 0 Å². The van der Waals surface area contributed by atoms with E-state index in [1.165, 1.54) is 80.3 Å². The van der Waals surface area contributed by atoms with E-state index in [1.54, 1.807) is 0 Å². The minimum Gasteiger partial charge on any atom is -0.466 e. The lowest BCUT2D eigenvalue weighted by atomic mass is 9.45. The zero-order valence-electron chi connectivity index (χ0n) is 30.1. The third-order valence-corrected chi connectivity index (χ3v) is 13.8. The van der Waals surface area contributed by atoms with Crippen LogP contribution in [0.2, 0.25) is 0 Å². The minimum absolute atomic E-state index is 0.0151. The largest absolute Gasteiger partial charge is 0.466 e. The van der Waals surface area contributed by atoms with Gasteiger partial charge in [0.05, 0.1) is 17.1 Å². The highest BCUT2D eigenvalue weighted by atomic mass is 32.2. The van der Waals surface area contributed by atoms with Crippen molar-refractivity contribution in [2.45, 2.75) is 36.0 Å². The lowest BCUT2D eigenvalue weighted by Gasteiger charge is -2.46. The summed E-state index contributed by atoms with van der Waals surface area (Å²) in [6, 6.07) is 53.8. The van der Waals surface area contributed by atoms with E-state index in [9.17, 15) is 0 Å². The molecule has 0 unspecified atom stereocenters. The predicted molar refractivity (Wildman–Crippen MR) is 231 cm³/mol.